The summed E-state index contributed by atoms with van der Waals surface area (Å²) in [6, 6.07) is 16.9. The summed E-state index contributed by atoms with van der Waals surface area (Å²) in [5.41, 5.74) is 1.43. The molecule has 0 saturated heterocycles. The van der Waals surface area contributed by atoms with Crippen molar-refractivity contribution >= 4 is 37.9 Å². The Labute approximate surface area is 184 Å². The third-order valence-electron chi connectivity index (χ3n) is 4.87. The van der Waals surface area contributed by atoms with Crippen LogP contribution >= 0.6 is 0 Å². The maximum atomic E-state index is 12.5. The molecule has 0 amide bonds. The summed E-state index contributed by atoms with van der Waals surface area (Å²) in [6.45, 7) is -0.119. The van der Waals surface area contributed by atoms with E-state index in [1.165, 1.54) is 32.4 Å². The van der Waals surface area contributed by atoms with Crippen molar-refractivity contribution < 1.29 is 31.8 Å². The van der Waals surface area contributed by atoms with Gasteiger partial charge in [-0.25, -0.2) is 13.1 Å². The number of para-hydroxylation sites is 1. The van der Waals surface area contributed by atoms with E-state index in [4.69, 9.17) is 18.6 Å². The number of carbonyl (C=O) groups is 1. The molecule has 3 aromatic carbocycles. The Kier molecular flexibility index (Phi) is 6.02. The normalized spacial score (nSPS) is 11.6. The number of benzene rings is 3. The van der Waals surface area contributed by atoms with Crippen LogP contribution in [0.25, 0.3) is 21.9 Å². The predicted molar refractivity (Wildman–Crippen MR) is 119 cm³/mol. The highest BCUT2D eigenvalue weighted by Gasteiger charge is 2.18. The van der Waals surface area contributed by atoms with Crippen LogP contribution < -0.4 is 18.9 Å². The number of sulfonamides is 1. The van der Waals surface area contributed by atoms with Crippen LogP contribution in [-0.2, 0) is 14.8 Å². The predicted octanol–water partition coefficient (Wildman–Crippen LogP) is 3.88. The number of fused-ring (bicyclic) bond motifs is 3. The molecule has 1 N–H and O–H groups in total. The van der Waals surface area contributed by atoms with Crippen molar-refractivity contribution in [3.63, 3.8) is 0 Å². The molecule has 0 atom stereocenters. The van der Waals surface area contributed by atoms with Gasteiger partial charge in [-0.2, -0.15) is 0 Å². The van der Waals surface area contributed by atoms with Crippen LogP contribution in [0.1, 0.15) is 6.42 Å². The van der Waals surface area contributed by atoms with E-state index < -0.39 is 16.0 Å². The molecule has 0 bridgehead atoms. The van der Waals surface area contributed by atoms with Crippen molar-refractivity contribution in [3.05, 3.63) is 60.7 Å². The second-order valence-electron chi connectivity index (χ2n) is 6.89. The highest BCUT2D eigenvalue weighted by atomic mass is 32.2. The van der Waals surface area contributed by atoms with Gasteiger partial charge >= 0.3 is 5.97 Å². The lowest BCUT2D eigenvalue weighted by Gasteiger charge is -2.11. The van der Waals surface area contributed by atoms with Gasteiger partial charge in [-0.15, -0.1) is 0 Å². The van der Waals surface area contributed by atoms with Crippen LogP contribution in [0.3, 0.4) is 0 Å². The smallest absolute Gasteiger partial charge is 0.312 e. The number of ether oxygens (including phenoxy) is 3. The second kappa shape index (κ2) is 8.89. The summed E-state index contributed by atoms with van der Waals surface area (Å²) in [7, 11) is -0.959. The molecule has 0 radical (unpaired) electrons. The second-order valence-corrected chi connectivity index (χ2v) is 8.66. The molecule has 1 heterocycles. The number of rotatable bonds is 8. The number of carbonyl (C=O) groups excluding carboxylic acids is 1. The Morgan fingerprint density at radius 3 is 2.44 bits per heavy atom. The van der Waals surface area contributed by atoms with Crippen LogP contribution in [0.15, 0.2) is 70.0 Å². The zero-order valence-corrected chi connectivity index (χ0v) is 18.3. The van der Waals surface area contributed by atoms with Gasteiger partial charge in [0.25, 0.3) is 0 Å². The number of hydrogen-bond donors (Lipinski definition) is 1. The Morgan fingerprint density at radius 2 is 1.66 bits per heavy atom. The van der Waals surface area contributed by atoms with Gasteiger partial charge in [0.2, 0.25) is 10.0 Å². The lowest BCUT2D eigenvalue weighted by atomic mass is 10.1. The van der Waals surface area contributed by atoms with Gasteiger partial charge < -0.3 is 18.6 Å². The minimum atomic E-state index is -3.84. The van der Waals surface area contributed by atoms with Crippen molar-refractivity contribution in [1.82, 2.24) is 4.72 Å². The van der Waals surface area contributed by atoms with E-state index in [1.807, 2.05) is 24.3 Å². The van der Waals surface area contributed by atoms with Crippen LogP contribution in [0, 0.1) is 0 Å². The van der Waals surface area contributed by atoms with E-state index in [0.29, 0.717) is 17.1 Å². The first kappa shape index (κ1) is 21.7. The largest absolute Gasteiger partial charge is 0.493 e. The quantitative estimate of drug-likeness (QED) is 0.318. The van der Waals surface area contributed by atoms with E-state index in [1.54, 1.807) is 18.2 Å². The van der Waals surface area contributed by atoms with Crippen LogP contribution in [-0.4, -0.2) is 35.2 Å². The zero-order valence-electron chi connectivity index (χ0n) is 17.5. The molecule has 0 saturated carbocycles. The fraction of sp³-hybridized carbons (Fsp3) is 0.174. The minimum Gasteiger partial charge on any atom is -0.493 e. The zero-order chi connectivity index (χ0) is 22.7. The van der Waals surface area contributed by atoms with Crippen molar-refractivity contribution in [2.75, 3.05) is 20.8 Å². The van der Waals surface area contributed by atoms with Gasteiger partial charge in [0, 0.05) is 23.4 Å². The van der Waals surface area contributed by atoms with E-state index in [9.17, 15) is 13.2 Å². The summed E-state index contributed by atoms with van der Waals surface area (Å²) in [6.07, 6.45) is -0.142. The number of methoxy groups -OCH3 is 2. The van der Waals surface area contributed by atoms with Crippen molar-refractivity contribution in [1.29, 1.82) is 0 Å². The Balaban J connectivity index is 1.39. The number of hydrogen-bond acceptors (Lipinski definition) is 7. The van der Waals surface area contributed by atoms with Gasteiger partial charge in [-0.3, -0.25) is 4.79 Å². The number of nitrogens with one attached hydrogen (secondary N) is 1. The molecule has 4 aromatic rings. The molecular weight excluding hydrogens is 434 g/mol. The lowest BCUT2D eigenvalue weighted by Crippen LogP contribution is -2.27. The standard InChI is InChI=1S/C23H21NO7S/c1-28-21-10-8-16(14-22(21)29-2)32(26,27)24-12-11-23(25)30-15-7-9-20-18(13-15)17-5-3-4-6-19(17)31-20/h3-10,13-14,24H,11-12H2,1-2H3. The maximum Gasteiger partial charge on any atom is 0.312 e. The van der Waals surface area contributed by atoms with Crippen molar-refractivity contribution in [2.45, 2.75) is 11.3 Å². The summed E-state index contributed by atoms with van der Waals surface area (Å²) in [5, 5.41) is 1.75. The molecule has 9 heteroatoms. The summed E-state index contributed by atoms with van der Waals surface area (Å²) < 4.78 is 48.8. The summed E-state index contributed by atoms with van der Waals surface area (Å²) in [5.74, 6) is 0.498. The average Bonchev–Trinajstić information content (AvgIpc) is 3.16. The van der Waals surface area contributed by atoms with E-state index in [0.717, 1.165) is 16.4 Å². The Hall–Kier alpha value is -3.56. The molecule has 1 aromatic heterocycles. The fourth-order valence-electron chi connectivity index (χ4n) is 3.31. The molecule has 166 valence electrons. The first-order valence-electron chi connectivity index (χ1n) is 9.75. The Morgan fingerprint density at radius 1 is 0.906 bits per heavy atom. The third-order valence-corrected chi connectivity index (χ3v) is 6.33. The SMILES string of the molecule is COc1ccc(S(=O)(=O)NCCC(=O)Oc2ccc3oc4ccccc4c3c2)cc1OC. The van der Waals surface area contributed by atoms with Crippen molar-refractivity contribution in [3.8, 4) is 17.2 Å². The topological polar surface area (TPSA) is 104 Å². The Bertz CT molecular complexity index is 1390. The third kappa shape index (κ3) is 4.39. The highest BCUT2D eigenvalue weighted by Crippen LogP contribution is 2.31. The molecule has 32 heavy (non-hydrogen) atoms. The average molecular weight is 455 g/mol. The fourth-order valence-corrected chi connectivity index (χ4v) is 4.35. The van der Waals surface area contributed by atoms with Crippen molar-refractivity contribution in [2.24, 2.45) is 0 Å². The van der Waals surface area contributed by atoms with Gasteiger partial charge in [-0.1, -0.05) is 18.2 Å². The van der Waals surface area contributed by atoms with Crippen LogP contribution in [0.4, 0.5) is 0 Å². The molecule has 0 aliphatic heterocycles. The summed E-state index contributed by atoms with van der Waals surface area (Å²) in [4.78, 5) is 12.2. The number of furan rings is 1. The number of esters is 1. The van der Waals surface area contributed by atoms with Crippen LogP contribution in [0.2, 0.25) is 0 Å². The molecule has 8 nitrogen and oxygen atoms in total. The molecule has 4 rings (SSSR count). The highest BCUT2D eigenvalue weighted by molar-refractivity contribution is 7.89. The monoisotopic (exact) mass is 455 g/mol. The minimum absolute atomic E-state index is 0.000745. The molecule has 0 fully saturated rings. The molecule has 0 aliphatic carbocycles. The maximum absolute atomic E-state index is 12.5. The van der Waals surface area contributed by atoms with E-state index >= 15 is 0 Å². The van der Waals surface area contributed by atoms with Gasteiger partial charge in [0.15, 0.2) is 11.5 Å². The first-order chi connectivity index (χ1) is 15.4. The van der Waals surface area contributed by atoms with E-state index in [-0.39, 0.29) is 23.6 Å². The van der Waals surface area contributed by atoms with Gasteiger partial charge in [0.1, 0.15) is 16.9 Å². The summed E-state index contributed by atoms with van der Waals surface area (Å²) >= 11 is 0. The first-order valence-corrected chi connectivity index (χ1v) is 11.2. The molecule has 0 aliphatic rings. The molecule has 0 spiro atoms. The molecular formula is C23H21NO7S. The molecule has 0 unspecified atom stereocenters. The van der Waals surface area contributed by atoms with E-state index in [2.05, 4.69) is 4.72 Å². The van der Waals surface area contributed by atoms with Crippen LogP contribution in [0.5, 0.6) is 17.2 Å². The van der Waals surface area contributed by atoms with Gasteiger partial charge in [0.05, 0.1) is 25.5 Å². The lowest BCUT2D eigenvalue weighted by molar-refractivity contribution is -0.134. The van der Waals surface area contributed by atoms with Gasteiger partial charge in [-0.05, 0) is 36.4 Å².